The molecule has 6 heteroatoms. The summed E-state index contributed by atoms with van der Waals surface area (Å²) in [5, 5.41) is 14.2. The Morgan fingerprint density at radius 2 is 2.00 bits per heavy atom. The first-order valence-corrected chi connectivity index (χ1v) is 6.85. The van der Waals surface area contributed by atoms with Crippen LogP contribution in [0.4, 0.5) is 11.4 Å². The molecule has 0 unspecified atom stereocenters. The second kappa shape index (κ2) is 6.00. The Labute approximate surface area is 125 Å². The summed E-state index contributed by atoms with van der Waals surface area (Å²) in [6.45, 7) is 4.21. The van der Waals surface area contributed by atoms with E-state index in [2.05, 4.69) is 26.2 Å². The molecule has 1 aromatic carbocycles. The molecule has 1 heterocycles. The Hall–Kier alpha value is -1.95. The minimum atomic E-state index is -0.357. The molecule has 1 N–H and O–H groups in total. The normalized spacial score (nSPS) is 10.3. The zero-order valence-corrected chi connectivity index (χ0v) is 12.8. The van der Waals surface area contributed by atoms with Crippen LogP contribution in [-0.4, -0.2) is 9.91 Å². The summed E-state index contributed by atoms with van der Waals surface area (Å²) in [5.41, 5.74) is 3.58. The van der Waals surface area contributed by atoms with Crippen LogP contribution < -0.4 is 5.32 Å². The number of aryl methyl sites for hydroxylation is 2. The number of pyridine rings is 1. The van der Waals surface area contributed by atoms with Gasteiger partial charge in [0.25, 0.3) is 5.69 Å². The summed E-state index contributed by atoms with van der Waals surface area (Å²) in [7, 11) is 0. The Morgan fingerprint density at radius 3 is 2.65 bits per heavy atom. The topological polar surface area (TPSA) is 68.1 Å². The van der Waals surface area contributed by atoms with Gasteiger partial charge in [0, 0.05) is 40.7 Å². The fourth-order valence-corrected chi connectivity index (χ4v) is 2.35. The lowest BCUT2D eigenvalue weighted by molar-refractivity contribution is -0.385. The zero-order valence-electron chi connectivity index (χ0n) is 11.2. The summed E-state index contributed by atoms with van der Waals surface area (Å²) < 4.78 is 0.924. The Kier molecular flexibility index (Phi) is 4.34. The van der Waals surface area contributed by atoms with E-state index in [9.17, 15) is 10.1 Å². The summed E-state index contributed by atoms with van der Waals surface area (Å²) >= 11 is 3.37. The third-order valence-electron chi connectivity index (χ3n) is 2.98. The van der Waals surface area contributed by atoms with E-state index in [0.717, 1.165) is 21.3 Å². The smallest absolute Gasteiger partial charge is 0.272 e. The van der Waals surface area contributed by atoms with Crippen LogP contribution in [0.1, 0.15) is 16.7 Å². The summed E-state index contributed by atoms with van der Waals surface area (Å²) in [5.74, 6) is 0. The largest absolute Gasteiger partial charge is 0.381 e. The summed E-state index contributed by atoms with van der Waals surface area (Å²) in [4.78, 5) is 14.6. The predicted octanol–water partition coefficient (Wildman–Crippen LogP) is 3.98. The highest BCUT2D eigenvalue weighted by Gasteiger charge is 2.13. The molecule has 0 saturated carbocycles. The molecular weight excluding hydrogens is 322 g/mol. The van der Waals surface area contributed by atoms with Gasteiger partial charge in [-0.1, -0.05) is 0 Å². The van der Waals surface area contributed by atoms with E-state index in [1.807, 2.05) is 13.0 Å². The minimum Gasteiger partial charge on any atom is -0.381 e. The highest BCUT2D eigenvalue weighted by atomic mass is 79.9. The van der Waals surface area contributed by atoms with E-state index in [-0.39, 0.29) is 10.6 Å². The fraction of sp³-hybridized carbons (Fsp3) is 0.214. The second-order valence-corrected chi connectivity index (χ2v) is 5.49. The quantitative estimate of drug-likeness (QED) is 0.677. The van der Waals surface area contributed by atoms with Gasteiger partial charge in [0.05, 0.1) is 4.92 Å². The molecule has 0 amide bonds. The Morgan fingerprint density at radius 1 is 1.25 bits per heavy atom. The SMILES string of the molecule is Cc1cc([N+](=O)[O-])c(C)cc1NCc1cncc(Br)c1. The lowest BCUT2D eigenvalue weighted by Crippen LogP contribution is -2.03. The average molecular weight is 336 g/mol. The van der Waals surface area contributed by atoms with Crippen LogP contribution in [0.25, 0.3) is 0 Å². The van der Waals surface area contributed by atoms with Gasteiger partial charge in [-0.2, -0.15) is 0 Å². The number of nitro groups is 1. The molecule has 0 aliphatic rings. The van der Waals surface area contributed by atoms with Crippen molar-refractivity contribution in [3.05, 3.63) is 61.9 Å². The molecule has 0 bridgehead atoms. The molecule has 0 aliphatic carbocycles. The number of nitrogens with one attached hydrogen (secondary N) is 1. The predicted molar refractivity (Wildman–Crippen MR) is 81.8 cm³/mol. The average Bonchev–Trinajstić information content (AvgIpc) is 2.39. The summed E-state index contributed by atoms with van der Waals surface area (Å²) in [6.07, 6.45) is 3.51. The Bertz CT molecular complexity index is 659. The van der Waals surface area contributed by atoms with E-state index in [1.54, 1.807) is 31.5 Å². The van der Waals surface area contributed by atoms with Crippen molar-refractivity contribution in [2.24, 2.45) is 0 Å². The van der Waals surface area contributed by atoms with Crippen molar-refractivity contribution in [3.63, 3.8) is 0 Å². The van der Waals surface area contributed by atoms with Gasteiger partial charge in [0.1, 0.15) is 0 Å². The van der Waals surface area contributed by atoms with Gasteiger partial charge >= 0.3 is 0 Å². The lowest BCUT2D eigenvalue weighted by atomic mass is 10.1. The van der Waals surface area contributed by atoms with Gasteiger partial charge in [-0.15, -0.1) is 0 Å². The van der Waals surface area contributed by atoms with Gasteiger partial charge in [0.2, 0.25) is 0 Å². The highest BCUT2D eigenvalue weighted by molar-refractivity contribution is 9.10. The summed E-state index contributed by atoms with van der Waals surface area (Å²) in [6, 6.07) is 5.38. The molecule has 0 radical (unpaired) electrons. The molecule has 5 nitrogen and oxygen atoms in total. The molecule has 0 fully saturated rings. The van der Waals surface area contributed by atoms with Crippen molar-refractivity contribution < 1.29 is 4.92 Å². The van der Waals surface area contributed by atoms with Crippen molar-refractivity contribution in [2.45, 2.75) is 20.4 Å². The van der Waals surface area contributed by atoms with Crippen molar-refractivity contribution in [1.82, 2.24) is 4.98 Å². The fourth-order valence-electron chi connectivity index (χ4n) is 1.94. The van der Waals surface area contributed by atoms with E-state index >= 15 is 0 Å². The van der Waals surface area contributed by atoms with Gasteiger partial charge < -0.3 is 5.32 Å². The van der Waals surface area contributed by atoms with Gasteiger partial charge in [-0.3, -0.25) is 15.1 Å². The first-order valence-electron chi connectivity index (χ1n) is 6.06. The molecule has 0 spiro atoms. The monoisotopic (exact) mass is 335 g/mol. The minimum absolute atomic E-state index is 0.150. The zero-order chi connectivity index (χ0) is 14.7. The van der Waals surface area contributed by atoms with Gasteiger partial charge in [-0.25, -0.2) is 0 Å². The molecule has 0 aliphatic heterocycles. The molecule has 1 aromatic heterocycles. The third kappa shape index (κ3) is 3.33. The number of aromatic nitrogens is 1. The van der Waals surface area contributed by atoms with Crippen molar-refractivity contribution >= 4 is 27.3 Å². The first kappa shape index (κ1) is 14.5. The van der Waals surface area contributed by atoms with Gasteiger partial charge in [0.15, 0.2) is 0 Å². The molecule has 104 valence electrons. The molecule has 2 rings (SSSR count). The highest BCUT2D eigenvalue weighted by Crippen LogP contribution is 2.26. The number of hydrogen-bond acceptors (Lipinski definition) is 4. The number of nitro benzene ring substituents is 1. The number of hydrogen-bond donors (Lipinski definition) is 1. The maximum absolute atomic E-state index is 10.9. The third-order valence-corrected chi connectivity index (χ3v) is 3.42. The number of halogens is 1. The van der Waals surface area contributed by atoms with Crippen molar-refractivity contribution in [2.75, 3.05) is 5.32 Å². The van der Waals surface area contributed by atoms with Crippen LogP contribution >= 0.6 is 15.9 Å². The number of rotatable bonds is 4. The van der Waals surface area contributed by atoms with Crippen LogP contribution in [0.2, 0.25) is 0 Å². The number of nitrogens with zero attached hydrogens (tertiary/aromatic N) is 2. The first-order chi connectivity index (χ1) is 9.47. The van der Waals surface area contributed by atoms with Crippen LogP contribution in [0.3, 0.4) is 0 Å². The van der Waals surface area contributed by atoms with Gasteiger partial charge in [-0.05, 0) is 53.0 Å². The van der Waals surface area contributed by atoms with Crippen molar-refractivity contribution in [1.29, 1.82) is 0 Å². The van der Waals surface area contributed by atoms with E-state index < -0.39 is 0 Å². The molecular formula is C14H14BrN3O2. The number of benzene rings is 1. The van der Waals surface area contributed by atoms with Crippen LogP contribution in [0.5, 0.6) is 0 Å². The van der Waals surface area contributed by atoms with Crippen molar-refractivity contribution in [3.8, 4) is 0 Å². The lowest BCUT2D eigenvalue weighted by Gasteiger charge is -2.11. The maximum atomic E-state index is 10.9. The second-order valence-electron chi connectivity index (χ2n) is 4.58. The molecule has 0 saturated heterocycles. The van der Waals surface area contributed by atoms with E-state index in [4.69, 9.17) is 0 Å². The standard InChI is InChI=1S/C14H14BrN3O2/c1-9-4-14(18(19)20)10(2)3-13(9)17-7-11-5-12(15)8-16-6-11/h3-6,8,17H,7H2,1-2H3. The maximum Gasteiger partial charge on any atom is 0.272 e. The molecule has 20 heavy (non-hydrogen) atoms. The van der Waals surface area contributed by atoms with E-state index in [1.165, 1.54) is 0 Å². The van der Waals surface area contributed by atoms with E-state index in [0.29, 0.717) is 12.1 Å². The molecule has 0 atom stereocenters. The van der Waals surface area contributed by atoms with Crippen LogP contribution in [0.15, 0.2) is 35.1 Å². The van der Waals surface area contributed by atoms with Crippen LogP contribution in [0, 0.1) is 24.0 Å². The Balaban J connectivity index is 2.18. The molecule has 2 aromatic rings. The van der Waals surface area contributed by atoms with Crippen LogP contribution in [-0.2, 0) is 6.54 Å². The number of anilines is 1.